The van der Waals surface area contributed by atoms with Crippen LogP contribution in [0.25, 0.3) is 11.0 Å². The number of sulfonamides is 1. The summed E-state index contributed by atoms with van der Waals surface area (Å²) in [4.78, 5) is 24.7. The number of anilines is 1. The van der Waals surface area contributed by atoms with Gasteiger partial charge in [0.05, 0.1) is 11.9 Å². The summed E-state index contributed by atoms with van der Waals surface area (Å²) in [5.74, 6) is -1.25. The van der Waals surface area contributed by atoms with Crippen LogP contribution >= 0.6 is 0 Å². The minimum absolute atomic E-state index is 0.0744. The summed E-state index contributed by atoms with van der Waals surface area (Å²) in [6.45, 7) is 3.01. The number of hydrogen-bond donors (Lipinski definition) is 2. The predicted molar refractivity (Wildman–Crippen MR) is 110 cm³/mol. The van der Waals surface area contributed by atoms with Gasteiger partial charge in [-0.2, -0.15) is 0 Å². The lowest BCUT2D eigenvalue weighted by atomic mass is 10.1. The van der Waals surface area contributed by atoms with E-state index in [9.17, 15) is 18.0 Å². The van der Waals surface area contributed by atoms with Crippen molar-refractivity contribution in [2.24, 2.45) is 0 Å². The lowest BCUT2D eigenvalue weighted by molar-refractivity contribution is -0.120. The smallest absolute Gasteiger partial charge is 0.305 e. The van der Waals surface area contributed by atoms with Gasteiger partial charge in [0, 0.05) is 10.9 Å². The fourth-order valence-electron chi connectivity index (χ4n) is 2.97. The molecular formula is C20H21N3O5S. The Bertz CT molecular complexity index is 1180. The van der Waals surface area contributed by atoms with E-state index in [0.717, 1.165) is 15.9 Å². The predicted octanol–water partition coefficient (Wildman–Crippen LogP) is 2.28. The number of para-hydroxylation sites is 2. The fraction of sp³-hybridized carbons (Fsp3) is 0.200. The van der Waals surface area contributed by atoms with Gasteiger partial charge in [-0.25, -0.2) is 8.42 Å². The Morgan fingerprint density at radius 1 is 1.00 bits per heavy atom. The molecule has 29 heavy (non-hydrogen) atoms. The van der Waals surface area contributed by atoms with Crippen LogP contribution in [0.3, 0.4) is 0 Å². The van der Waals surface area contributed by atoms with Gasteiger partial charge in [0.1, 0.15) is 12.1 Å². The number of rotatable bonds is 5. The third-order valence-electron chi connectivity index (χ3n) is 4.44. The minimum atomic E-state index is -3.71. The Labute approximate surface area is 168 Å². The Kier molecular flexibility index (Phi) is 5.60. The molecule has 0 unspecified atom stereocenters. The Balaban J connectivity index is 1.71. The van der Waals surface area contributed by atoms with Crippen molar-refractivity contribution in [1.82, 2.24) is 10.9 Å². The van der Waals surface area contributed by atoms with E-state index < -0.39 is 28.4 Å². The van der Waals surface area contributed by atoms with Gasteiger partial charge in [0.15, 0.2) is 5.76 Å². The van der Waals surface area contributed by atoms with E-state index in [4.69, 9.17) is 4.42 Å². The highest BCUT2D eigenvalue weighted by Crippen LogP contribution is 2.24. The van der Waals surface area contributed by atoms with Crippen LogP contribution in [0.1, 0.15) is 21.7 Å². The van der Waals surface area contributed by atoms with E-state index in [2.05, 4.69) is 10.9 Å². The van der Waals surface area contributed by atoms with Crippen molar-refractivity contribution in [3.63, 3.8) is 0 Å². The number of aryl methyl sites for hydroxylation is 2. The number of benzene rings is 2. The van der Waals surface area contributed by atoms with Crippen molar-refractivity contribution in [3.05, 3.63) is 65.4 Å². The third kappa shape index (κ3) is 4.40. The molecule has 0 spiro atoms. The van der Waals surface area contributed by atoms with Gasteiger partial charge < -0.3 is 4.42 Å². The molecule has 0 aliphatic carbocycles. The highest BCUT2D eigenvalue weighted by atomic mass is 32.2. The number of carbonyl (C=O) groups is 2. The van der Waals surface area contributed by atoms with Gasteiger partial charge in [0.2, 0.25) is 10.0 Å². The molecule has 0 atom stereocenters. The molecule has 0 aliphatic rings. The zero-order chi connectivity index (χ0) is 21.2. The van der Waals surface area contributed by atoms with Gasteiger partial charge >= 0.3 is 5.91 Å². The first kappa shape index (κ1) is 20.4. The summed E-state index contributed by atoms with van der Waals surface area (Å²) < 4.78 is 30.9. The van der Waals surface area contributed by atoms with Crippen molar-refractivity contribution in [3.8, 4) is 0 Å². The second kappa shape index (κ2) is 7.96. The third-order valence-corrected chi connectivity index (χ3v) is 5.56. The molecule has 1 aromatic heterocycles. The lowest BCUT2D eigenvalue weighted by Crippen LogP contribution is -2.47. The topological polar surface area (TPSA) is 109 Å². The molecule has 3 rings (SSSR count). The van der Waals surface area contributed by atoms with E-state index in [1.807, 2.05) is 12.1 Å². The maximum atomic E-state index is 12.4. The van der Waals surface area contributed by atoms with Crippen LogP contribution in [0, 0.1) is 13.8 Å². The molecule has 0 saturated heterocycles. The van der Waals surface area contributed by atoms with Crippen molar-refractivity contribution < 1.29 is 22.4 Å². The summed E-state index contributed by atoms with van der Waals surface area (Å²) in [6.07, 6.45) is 1.02. The van der Waals surface area contributed by atoms with Crippen molar-refractivity contribution in [1.29, 1.82) is 0 Å². The largest absolute Gasteiger partial charge is 0.451 e. The number of amides is 2. The first-order chi connectivity index (χ1) is 13.7. The van der Waals surface area contributed by atoms with Crippen LogP contribution in [0.4, 0.5) is 5.69 Å². The monoisotopic (exact) mass is 415 g/mol. The fourth-order valence-corrected chi connectivity index (χ4v) is 3.88. The Morgan fingerprint density at radius 2 is 1.66 bits per heavy atom. The molecule has 0 fully saturated rings. The molecule has 0 aliphatic heterocycles. The van der Waals surface area contributed by atoms with Gasteiger partial charge in [-0.15, -0.1) is 0 Å². The second-order valence-electron chi connectivity index (χ2n) is 6.61. The van der Waals surface area contributed by atoms with E-state index in [1.54, 1.807) is 50.2 Å². The molecule has 0 bridgehead atoms. The summed E-state index contributed by atoms with van der Waals surface area (Å²) in [5, 5.41) is 0.798. The van der Waals surface area contributed by atoms with Gasteiger partial charge in [-0.05, 0) is 31.5 Å². The molecular weight excluding hydrogens is 394 g/mol. The molecule has 0 radical (unpaired) electrons. The molecule has 2 N–H and O–H groups in total. The molecule has 9 heteroatoms. The van der Waals surface area contributed by atoms with E-state index in [1.165, 1.54) is 0 Å². The Morgan fingerprint density at radius 3 is 2.31 bits per heavy atom. The summed E-state index contributed by atoms with van der Waals surface area (Å²) >= 11 is 0. The lowest BCUT2D eigenvalue weighted by Gasteiger charge is -2.23. The molecule has 8 nitrogen and oxygen atoms in total. The Hall–Kier alpha value is -3.33. The minimum Gasteiger partial charge on any atom is -0.451 e. The highest BCUT2D eigenvalue weighted by molar-refractivity contribution is 7.92. The second-order valence-corrected chi connectivity index (χ2v) is 8.52. The van der Waals surface area contributed by atoms with Gasteiger partial charge in [-0.1, -0.05) is 36.4 Å². The summed E-state index contributed by atoms with van der Waals surface area (Å²) in [7, 11) is -3.71. The van der Waals surface area contributed by atoms with Crippen molar-refractivity contribution >= 4 is 38.5 Å². The number of nitrogens with one attached hydrogen (secondary N) is 2. The standard InChI is InChI=1S/C20H21N3O5S/c1-13-8-4-6-10-16(13)23(29(3,26)27)12-18(24)21-22-20(25)19-14(2)15-9-5-7-11-17(15)28-19/h4-11H,12H2,1-3H3,(H,21,24)(H,22,25). The molecule has 152 valence electrons. The zero-order valence-corrected chi connectivity index (χ0v) is 17.0. The average molecular weight is 415 g/mol. The number of hydrazine groups is 1. The molecule has 0 saturated carbocycles. The van der Waals surface area contributed by atoms with E-state index in [0.29, 0.717) is 22.4 Å². The number of fused-ring (bicyclic) bond motifs is 1. The number of hydrogen-bond acceptors (Lipinski definition) is 5. The SMILES string of the molecule is Cc1ccccc1N(CC(=O)NNC(=O)c1oc2ccccc2c1C)S(C)(=O)=O. The molecule has 2 amide bonds. The van der Waals surface area contributed by atoms with Crippen molar-refractivity contribution in [2.45, 2.75) is 13.8 Å². The highest BCUT2D eigenvalue weighted by Gasteiger charge is 2.23. The normalized spacial score (nSPS) is 11.3. The average Bonchev–Trinajstić information content (AvgIpc) is 3.01. The van der Waals surface area contributed by atoms with Crippen LogP contribution in [0.2, 0.25) is 0 Å². The molecule has 2 aromatic carbocycles. The number of nitrogens with zero attached hydrogens (tertiary/aromatic N) is 1. The first-order valence-corrected chi connectivity index (χ1v) is 10.6. The van der Waals surface area contributed by atoms with Crippen LogP contribution in [0.15, 0.2) is 52.9 Å². The van der Waals surface area contributed by atoms with Gasteiger partial charge in [-0.3, -0.25) is 24.7 Å². The maximum Gasteiger partial charge on any atom is 0.305 e. The maximum absolute atomic E-state index is 12.4. The van der Waals surface area contributed by atoms with Crippen LogP contribution in [-0.4, -0.2) is 33.0 Å². The van der Waals surface area contributed by atoms with Gasteiger partial charge in [0.25, 0.3) is 5.91 Å². The molecule has 3 aromatic rings. The summed E-state index contributed by atoms with van der Waals surface area (Å²) in [5.41, 5.74) is 6.81. The number of carbonyl (C=O) groups excluding carboxylic acids is 2. The van der Waals surface area contributed by atoms with E-state index in [-0.39, 0.29) is 5.76 Å². The first-order valence-electron chi connectivity index (χ1n) is 8.79. The number of furan rings is 1. The molecule has 1 heterocycles. The van der Waals surface area contributed by atoms with Crippen LogP contribution < -0.4 is 15.2 Å². The summed E-state index contributed by atoms with van der Waals surface area (Å²) in [6, 6.07) is 14.0. The van der Waals surface area contributed by atoms with Crippen LogP contribution in [-0.2, 0) is 14.8 Å². The van der Waals surface area contributed by atoms with Crippen LogP contribution in [0.5, 0.6) is 0 Å². The van der Waals surface area contributed by atoms with Crippen molar-refractivity contribution in [2.75, 3.05) is 17.1 Å². The zero-order valence-electron chi connectivity index (χ0n) is 16.2. The quantitative estimate of drug-likeness (QED) is 0.622. The van der Waals surface area contributed by atoms with E-state index >= 15 is 0 Å².